The van der Waals surface area contributed by atoms with Crippen molar-refractivity contribution < 1.29 is 23.6 Å². The van der Waals surface area contributed by atoms with E-state index in [0.29, 0.717) is 5.56 Å². The van der Waals surface area contributed by atoms with Crippen LogP contribution < -0.4 is 9.47 Å². The largest absolute Gasteiger partial charge is 0.465 e. The number of para-hydroxylation sites is 1. The van der Waals surface area contributed by atoms with Crippen molar-refractivity contribution in [3.05, 3.63) is 70.1 Å². The van der Waals surface area contributed by atoms with Crippen LogP contribution in [0.3, 0.4) is 0 Å². The molecule has 0 unspecified atom stereocenters. The average Bonchev–Trinajstić information content (AvgIpc) is 3.19. The van der Waals surface area contributed by atoms with Crippen LogP contribution in [0.2, 0.25) is 0 Å². The van der Waals surface area contributed by atoms with Crippen molar-refractivity contribution in [3.8, 4) is 10.6 Å². The number of nitrogens with zero attached hydrogens (tertiary/aromatic N) is 2. The maximum absolute atomic E-state index is 13.0. The first-order chi connectivity index (χ1) is 16.9. The second kappa shape index (κ2) is 10.3. The molecule has 0 aromatic heterocycles. The Morgan fingerprint density at radius 3 is 2.23 bits per heavy atom. The summed E-state index contributed by atoms with van der Waals surface area (Å²) in [4.78, 5) is 28.2. The van der Waals surface area contributed by atoms with E-state index in [2.05, 4.69) is 43.0 Å². The second-order valence-electron chi connectivity index (χ2n) is 8.06. The molecule has 2 aliphatic rings. The summed E-state index contributed by atoms with van der Waals surface area (Å²) in [5.74, 6) is -1.14. The minimum atomic E-state index is -0.576. The number of rotatable bonds is 7. The average molecular weight is 490 g/mol. The van der Waals surface area contributed by atoms with Crippen LogP contribution in [0.15, 0.2) is 48.5 Å². The third kappa shape index (κ3) is 4.39. The fourth-order valence-electron chi connectivity index (χ4n) is 4.42. The van der Waals surface area contributed by atoms with Crippen molar-refractivity contribution in [2.24, 2.45) is 7.05 Å². The van der Waals surface area contributed by atoms with E-state index in [9.17, 15) is 9.59 Å². The summed E-state index contributed by atoms with van der Waals surface area (Å²) in [5, 5.41) is 1.87. The van der Waals surface area contributed by atoms with Crippen molar-refractivity contribution >= 4 is 52.0 Å². The van der Waals surface area contributed by atoms with Gasteiger partial charge < -0.3 is 14.4 Å². The SMILES string of the molecule is CCN(CC)c1ccc(/C=C/c2c(C(=O)OC)c(C(=O)OC)sc3[n+](C)c4ccccc4c2-3)cc1. The van der Waals surface area contributed by atoms with Crippen molar-refractivity contribution in [1.29, 1.82) is 0 Å². The lowest BCUT2D eigenvalue weighted by molar-refractivity contribution is -0.628. The van der Waals surface area contributed by atoms with Gasteiger partial charge in [0.2, 0.25) is 5.52 Å². The predicted octanol–water partition coefficient (Wildman–Crippen LogP) is 5.42. The Labute approximate surface area is 209 Å². The van der Waals surface area contributed by atoms with Gasteiger partial charge in [-0.15, -0.1) is 0 Å². The van der Waals surface area contributed by atoms with Gasteiger partial charge in [-0.2, -0.15) is 4.57 Å². The van der Waals surface area contributed by atoms with E-state index in [1.807, 2.05) is 48.0 Å². The van der Waals surface area contributed by atoms with Gasteiger partial charge in [-0.1, -0.05) is 47.8 Å². The van der Waals surface area contributed by atoms with Gasteiger partial charge in [0.15, 0.2) is 0 Å². The fourth-order valence-corrected chi connectivity index (χ4v) is 5.63. The summed E-state index contributed by atoms with van der Waals surface area (Å²) in [6.07, 6.45) is 3.85. The maximum Gasteiger partial charge on any atom is 0.349 e. The van der Waals surface area contributed by atoms with Crippen LogP contribution in [0.25, 0.3) is 33.6 Å². The van der Waals surface area contributed by atoms with Crippen LogP contribution in [0.5, 0.6) is 0 Å². The van der Waals surface area contributed by atoms with E-state index in [0.717, 1.165) is 45.8 Å². The number of anilines is 1. The molecule has 0 saturated heterocycles. The molecule has 180 valence electrons. The lowest BCUT2D eigenvalue weighted by atomic mass is 9.99. The number of esters is 2. The van der Waals surface area contributed by atoms with Crippen molar-refractivity contribution in [3.63, 3.8) is 0 Å². The van der Waals surface area contributed by atoms with Crippen LogP contribution in [-0.4, -0.2) is 39.2 Å². The van der Waals surface area contributed by atoms with Crippen LogP contribution in [-0.2, 0) is 16.5 Å². The number of ether oxygens (including phenoxy) is 2. The Kier molecular flexibility index (Phi) is 7.17. The summed E-state index contributed by atoms with van der Waals surface area (Å²) >= 11 is 1.24. The molecule has 0 amide bonds. The summed E-state index contributed by atoms with van der Waals surface area (Å²) in [5.41, 5.74) is 4.90. The smallest absolute Gasteiger partial charge is 0.349 e. The molecule has 6 nitrogen and oxygen atoms in total. The highest BCUT2D eigenvalue weighted by atomic mass is 32.1. The highest BCUT2D eigenvalue weighted by Gasteiger charge is 2.34. The molecule has 0 radical (unpaired) electrons. The molecule has 0 aliphatic carbocycles. The molecule has 4 rings (SSSR count). The lowest BCUT2D eigenvalue weighted by Crippen LogP contribution is -2.28. The molecule has 0 saturated carbocycles. The molecule has 0 fully saturated rings. The monoisotopic (exact) mass is 489 g/mol. The molecule has 7 heteroatoms. The van der Waals surface area contributed by atoms with Gasteiger partial charge in [-0.3, -0.25) is 0 Å². The molecule has 0 N–H and O–H groups in total. The second-order valence-corrected chi connectivity index (χ2v) is 9.06. The minimum absolute atomic E-state index is 0.212. The Balaban J connectivity index is 1.96. The van der Waals surface area contributed by atoms with Crippen LogP contribution in [0, 0.1) is 0 Å². The van der Waals surface area contributed by atoms with Crippen LogP contribution in [0.4, 0.5) is 5.69 Å². The van der Waals surface area contributed by atoms with Crippen molar-refractivity contribution in [2.75, 3.05) is 32.2 Å². The van der Waals surface area contributed by atoms with Crippen LogP contribution >= 0.6 is 11.3 Å². The third-order valence-electron chi connectivity index (χ3n) is 6.24. The number of carbonyl (C=O) groups is 2. The van der Waals surface area contributed by atoms with Crippen molar-refractivity contribution in [2.45, 2.75) is 13.8 Å². The Hall–Kier alpha value is -3.71. The number of methoxy groups -OCH3 is 2. The van der Waals surface area contributed by atoms with E-state index >= 15 is 0 Å². The summed E-state index contributed by atoms with van der Waals surface area (Å²) in [6.45, 7) is 6.15. The molecule has 0 bridgehead atoms. The summed E-state index contributed by atoms with van der Waals surface area (Å²) < 4.78 is 12.2. The van der Waals surface area contributed by atoms with Gasteiger partial charge in [0.1, 0.15) is 11.9 Å². The predicted molar refractivity (Wildman–Crippen MR) is 141 cm³/mol. The third-order valence-corrected chi connectivity index (χ3v) is 7.49. The van der Waals surface area contributed by atoms with Gasteiger partial charge in [0.25, 0.3) is 5.01 Å². The molecule has 2 aromatic rings. The Morgan fingerprint density at radius 2 is 1.60 bits per heavy atom. The minimum Gasteiger partial charge on any atom is -0.465 e. The van der Waals surface area contributed by atoms with Gasteiger partial charge in [0, 0.05) is 30.4 Å². The van der Waals surface area contributed by atoms with E-state index in [1.165, 1.54) is 25.6 Å². The first kappa shape index (κ1) is 24.4. The maximum atomic E-state index is 13.0. The van der Waals surface area contributed by atoms with Crippen LogP contribution in [0.1, 0.15) is 45.0 Å². The van der Waals surface area contributed by atoms with E-state index in [-0.39, 0.29) is 10.4 Å². The van der Waals surface area contributed by atoms with E-state index < -0.39 is 11.9 Å². The highest BCUT2D eigenvalue weighted by Crippen LogP contribution is 2.41. The van der Waals surface area contributed by atoms with Gasteiger partial charge in [-0.25, -0.2) is 9.59 Å². The van der Waals surface area contributed by atoms with Gasteiger partial charge in [0.05, 0.1) is 30.7 Å². The number of aryl methyl sites for hydroxylation is 1. The molecule has 0 atom stereocenters. The molecule has 2 heterocycles. The Morgan fingerprint density at radius 1 is 0.943 bits per heavy atom. The normalized spacial score (nSPS) is 11.3. The standard InChI is InChI=1S/C28H29N2O4S/c1-6-30(7-2)19-15-12-18(13-16-19)14-17-21-23-20-10-8-9-11-22(20)29(3)26(23)35-25(28(32)34-5)24(21)27(31)33-4/h8-17H,6-7H2,1-5H3/q+1. The van der Waals surface area contributed by atoms with Crippen molar-refractivity contribution in [1.82, 2.24) is 0 Å². The fraction of sp³-hybridized carbons (Fsp3) is 0.250. The zero-order valence-corrected chi connectivity index (χ0v) is 21.4. The van der Waals surface area contributed by atoms with Gasteiger partial charge in [-0.05, 0) is 37.6 Å². The highest BCUT2D eigenvalue weighted by molar-refractivity contribution is 7.17. The Bertz CT molecular complexity index is 1380. The number of hydrogen-bond acceptors (Lipinski definition) is 6. The topological polar surface area (TPSA) is 59.7 Å². The van der Waals surface area contributed by atoms with E-state index in [4.69, 9.17) is 9.47 Å². The number of fused-ring (bicyclic) bond motifs is 3. The molecule has 2 aromatic carbocycles. The molecular weight excluding hydrogens is 460 g/mol. The summed E-state index contributed by atoms with van der Waals surface area (Å²) in [6, 6.07) is 16.3. The zero-order valence-electron chi connectivity index (χ0n) is 20.6. The zero-order chi connectivity index (χ0) is 25.1. The molecule has 0 spiro atoms. The summed E-state index contributed by atoms with van der Waals surface area (Å²) in [7, 11) is 4.59. The number of benzene rings is 2. The quantitative estimate of drug-likeness (QED) is 0.256. The van der Waals surface area contributed by atoms with Gasteiger partial charge >= 0.3 is 11.9 Å². The number of aromatic nitrogens is 1. The molecule has 2 aliphatic heterocycles. The molecule has 35 heavy (non-hydrogen) atoms. The first-order valence-corrected chi connectivity index (χ1v) is 12.3. The first-order valence-electron chi connectivity index (χ1n) is 11.5. The molecular formula is C28H29N2O4S+. The van der Waals surface area contributed by atoms with E-state index in [1.54, 1.807) is 0 Å². The number of carbonyl (C=O) groups excluding carboxylic acids is 2. The lowest BCUT2D eigenvalue weighted by Gasteiger charge is -2.20. The number of hydrogen-bond donors (Lipinski definition) is 0.